The molecule has 6 radical (unpaired) electrons. The molecule has 27 rings (SSSR count). The Labute approximate surface area is 828 Å². The Morgan fingerprint density at radius 2 is 0.500 bits per heavy atom. The molecule has 20 heteroatoms. The van der Waals surface area contributed by atoms with E-state index in [2.05, 4.69) is 338 Å². The second-order valence-corrected chi connectivity index (χ2v) is 31.6. The van der Waals surface area contributed by atoms with Gasteiger partial charge in [0.2, 0.25) is 0 Å². The SMILES string of the molecule is Cc1ccc(-c2ccc3c(c2)c2ccc[c-]c2c2nccn32)cc1.Cc1ccc(-c2cccc3c4ccc[c-]c4c4nccn4c23)cc1.Cc1ccc2c(c1)c1ccc[c-]c1c1nc3nccnc3n21.Cc1ccc2c(c1)c1ccc[c-]c1c1nccn21.Cc1ccc2c(c1)c1ccc[c-]c1c1nccn21.Cc1ccc2c(c1)c1ccc[c-]c1c1nccn21.[Ir].[Ir].[Ir].[Ir].[Ir].[Ir]. The number of para-hydroxylation sites is 1. The number of pyridine rings is 6. The van der Waals surface area contributed by atoms with Gasteiger partial charge in [-0.3, -0.25) is 29.9 Å². The summed E-state index contributed by atoms with van der Waals surface area (Å²) in [5.74, 6) is 0. The Balaban J connectivity index is 0.000000114. The summed E-state index contributed by atoms with van der Waals surface area (Å²) in [6, 6.07) is 113. The summed E-state index contributed by atoms with van der Waals surface area (Å²) in [4.78, 5) is 35.9. The predicted molar refractivity (Wildman–Crippen MR) is 507 cm³/mol. The molecule has 0 saturated heterocycles. The predicted octanol–water partition coefficient (Wildman–Crippen LogP) is 25.8. The van der Waals surface area contributed by atoms with Crippen LogP contribution in [0.5, 0.6) is 0 Å². The fraction of sp³-hybridized carbons (Fsp3) is 0.0545. The Morgan fingerprint density at radius 3 is 0.892 bits per heavy atom. The van der Waals surface area contributed by atoms with Crippen LogP contribution in [0.2, 0.25) is 0 Å². The number of aryl methyl sites for hydroxylation is 6. The summed E-state index contributed by atoms with van der Waals surface area (Å²) in [6.07, 6.45) is 22.7. The van der Waals surface area contributed by atoms with Crippen LogP contribution in [0.4, 0.5) is 0 Å². The summed E-state index contributed by atoms with van der Waals surface area (Å²) in [5.41, 5.74) is 26.7. The molecule has 0 spiro atoms. The number of hydrogen-bond donors (Lipinski definition) is 0. The van der Waals surface area contributed by atoms with Crippen LogP contribution in [0.15, 0.2) is 341 Å². The van der Waals surface area contributed by atoms with E-state index in [-0.39, 0.29) is 121 Å². The van der Waals surface area contributed by atoms with Crippen molar-refractivity contribution in [2.24, 2.45) is 0 Å². The third-order valence-corrected chi connectivity index (χ3v) is 23.6. The molecule has 0 N–H and O–H groups in total. The van der Waals surface area contributed by atoms with E-state index in [1.807, 2.05) is 135 Å². The first-order chi connectivity index (χ1) is 61.0. The minimum atomic E-state index is 0. The summed E-state index contributed by atoms with van der Waals surface area (Å²) in [6.45, 7) is 12.7. The maximum Gasteiger partial charge on any atom is 0.188 e. The van der Waals surface area contributed by atoms with Crippen LogP contribution in [-0.2, 0) is 121 Å². The number of rotatable bonds is 2. The van der Waals surface area contributed by atoms with Crippen LogP contribution >= 0.6 is 0 Å². The average molecular weight is 2750 g/mol. The molecule has 0 saturated carbocycles. The van der Waals surface area contributed by atoms with Gasteiger partial charge in [-0.15, -0.1) is 178 Å². The first kappa shape index (κ1) is 90.9. The van der Waals surface area contributed by atoms with Crippen molar-refractivity contribution in [3.05, 3.63) is 411 Å². The Hall–Kier alpha value is -12.4. The normalized spacial score (nSPS) is 11.1. The van der Waals surface area contributed by atoms with E-state index in [4.69, 9.17) is 0 Å². The van der Waals surface area contributed by atoms with Gasteiger partial charge in [0.25, 0.3) is 0 Å². The van der Waals surface area contributed by atoms with Crippen LogP contribution in [0.25, 0.3) is 197 Å². The number of benzene rings is 14. The van der Waals surface area contributed by atoms with Gasteiger partial charge in [-0.1, -0.05) is 193 Å². The van der Waals surface area contributed by atoms with Gasteiger partial charge in [0.05, 0.1) is 33.9 Å². The first-order valence-corrected chi connectivity index (χ1v) is 41.3. The molecule has 0 amide bonds. The molecule has 0 bridgehead atoms. The minimum Gasteiger partial charge on any atom is -0.340 e. The second-order valence-electron chi connectivity index (χ2n) is 31.6. The molecular formula is C110H74Ir6N14-6. The van der Waals surface area contributed by atoms with Crippen LogP contribution in [0.3, 0.4) is 0 Å². The van der Waals surface area contributed by atoms with Crippen LogP contribution in [0, 0.1) is 77.9 Å². The number of aromatic nitrogens is 14. The fourth-order valence-electron chi connectivity index (χ4n) is 17.8. The quantitative estimate of drug-likeness (QED) is 0.124. The van der Waals surface area contributed by atoms with E-state index >= 15 is 0 Å². The van der Waals surface area contributed by atoms with Crippen LogP contribution in [-0.4, -0.2) is 66.3 Å². The maximum absolute atomic E-state index is 4.67. The van der Waals surface area contributed by atoms with Crippen molar-refractivity contribution in [3.8, 4) is 22.3 Å². The van der Waals surface area contributed by atoms with E-state index in [9.17, 15) is 0 Å². The third kappa shape index (κ3) is 16.2. The molecule has 0 aliphatic heterocycles. The first-order valence-electron chi connectivity index (χ1n) is 41.3. The van der Waals surface area contributed by atoms with Gasteiger partial charge in [0.1, 0.15) is 0 Å². The van der Waals surface area contributed by atoms with E-state index in [0.717, 1.165) is 82.8 Å². The largest absolute Gasteiger partial charge is 0.340 e. The van der Waals surface area contributed by atoms with Gasteiger partial charge < -0.3 is 26.4 Å². The van der Waals surface area contributed by atoms with E-state index in [0.29, 0.717) is 5.65 Å². The monoisotopic (exact) mass is 2750 g/mol. The van der Waals surface area contributed by atoms with Crippen LogP contribution < -0.4 is 0 Å². The third-order valence-electron chi connectivity index (χ3n) is 23.6. The van der Waals surface area contributed by atoms with Gasteiger partial charge in [-0.2, -0.15) is 0 Å². The smallest absolute Gasteiger partial charge is 0.188 e. The zero-order valence-electron chi connectivity index (χ0n) is 70.6. The molecule has 644 valence electrons. The van der Waals surface area contributed by atoms with E-state index in [1.165, 1.54) is 142 Å². The maximum atomic E-state index is 4.67. The van der Waals surface area contributed by atoms with Gasteiger partial charge in [-0.25, -0.2) is 9.97 Å². The molecule has 27 aromatic rings. The fourth-order valence-corrected chi connectivity index (χ4v) is 17.8. The van der Waals surface area contributed by atoms with Crippen molar-refractivity contribution in [1.82, 2.24) is 66.3 Å². The van der Waals surface area contributed by atoms with Gasteiger partial charge in [0, 0.05) is 234 Å². The second kappa shape index (κ2) is 38.3. The molecule has 0 aliphatic rings. The number of fused-ring (bicyclic) bond motifs is 38. The number of nitrogens with zero attached hydrogens (tertiary/aromatic N) is 14. The molecule has 13 heterocycles. The van der Waals surface area contributed by atoms with Gasteiger partial charge in [-0.05, 0) is 121 Å². The molecule has 13 aromatic heterocycles. The molecular weight excluding hydrogens is 2670 g/mol. The molecule has 0 unspecified atom stereocenters. The van der Waals surface area contributed by atoms with Crippen molar-refractivity contribution in [3.63, 3.8) is 0 Å². The zero-order valence-corrected chi connectivity index (χ0v) is 85.0. The van der Waals surface area contributed by atoms with Crippen molar-refractivity contribution in [1.29, 1.82) is 0 Å². The summed E-state index contributed by atoms with van der Waals surface area (Å²) >= 11 is 0. The van der Waals surface area contributed by atoms with Crippen molar-refractivity contribution in [2.45, 2.75) is 41.5 Å². The topological polar surface area (TPSA) is 130 Å². The zero-order chi connectivity index (χ0) is 83.2. The van der Waals surface area contributed by atoms with E-state index in [1.54, 1.807) is 12.4 Å². The Bertz CT molecular complexity index is 8550. The van der Waals surface area contributed by atoms with Crippen molar-refractivity contribution in [2.75, 3.05) is 0 Å². The summed E-state index contributed by atoms with van der Waals surface area (Å²) in [5, 5.41) is 21.0. The minimum absolute atomic E-state index is 0. The Morgan fingerprint density at radius 1 is 0.215 bits per heavy atom. The summed E-state index contributed by atoms with van der Waals surface area (Å²) in [7, 11) is 0. The van der Waals surface area contributed by atoms with Crippen molar-refractivity contribution >= 4 is 175 Å². The summed E-state index contributed by atoms with van der Waals surface area (Å²) < 4.78 is 12.8. The molecule has 14 aromatic carbocycles. The molecule has 0 aliphatic carbocycles. The molecule has 14 nitrogen and oxygen atoms in total. The van der Waals surface area contributed by atoms with E-state index < -0.39 is 0 Å². The Kier molecular flexibility index (Phi) is 26.8. The standard InChI is InChI=1S/2C22H15N2.C18H11N4.3C16H11N2.6Ir/c1-15-9-11-16(12-10-15)17-7-4-8-19-18-5-2-3-6-20(18)22-23-13-14-24(22)21(17)19;1-15-6-8-16(9-7-15)17-10-11-21-20(14-17)18-4-2-3-5-19(18)22-23-12-13-24(21)22;1-11-6-7-15-14(10-11)12-4-2-3-5-13(12)17-21-16-18(22(15)17)20-9-8-19-16;3*1-11-6-7-15-14(10-11)12-4-2-3-5-13(12)16-17-8-9-18(15)16;;;;;;/h2-5,7-14H,1H3;2-4,6-14H,1H3;2-4,6-10H,1H3;3*2-4,6-10H,1H3;;;;;;/q6*-1;;;;;;. The molecule has 0 atom stereocenters. The average Bonchev–Trinajstić information content (AvgIpc) is 1.56. The van der Waals surface area contributed by atoms with Crippen molar-refractivity contribution < 1.29 is 121 Å². The number of imidazole rings is 6. The van der Waals surface area contributed by atoms with Crippen LogP contribution in [0.1, 0.15) is 33.4 Å². The number of hydrogen-bond acceptors (Lipinski definition) is 8. The van der Waals surface area contributed by atoms with Gasteiger partial charge >= 0.3 is 0 Å². The molecule has 0 fully saturated rings. The van der Waals surface area contributed by atoms with Gasteiger partial charge in [0.15, 0.2) is 11.3 Å². The molecule has 130 heavy (non-hydrogen) atoms.